The summed E-state index contributed by atoms with van der Waals surface area (Å²) in [6.45, 7) is 0.677. The monoisotopic (exact) mass is 362 g/mol. The molecule has 1 aliphatic rings. The van der Waals surface area contributed by atoms with E-state index in [1.807, 2.05) is 60.3 Å². The number of aromatic nitrogens is 2. The highest BCUT2D eigenvalue weighted by atomic mass is 16.5. The van der Waals surface area contributed by atoms with Gasteiger partial charge in [0.05, 0.1) is 7.11 Å². The first-order valence-electron chi connectivity index (χ1n) is 8.94. The summed E-state index contributed by atoms with van der Waals surface area (Å²) in [5.41, 5.74) is 3.09. The van der Waals surface area contributed by atoms with E-state index in [-0.39, 0.29) is 12.1 Å². The maximum atomic E-state index is 13.1. The molecule has 0 fully saturated rings. The number of anilines is 1. The van der Waals surface area contributed by atoms with Crippen LogP contribution in [-0.4, -0.2) is 29.2 Å². The van der Waals surface area contributed by atoms with Gasteiger partial charge < -0.3 is 14.6 Å². The number of benzene rings is 2. The summed E-state index contributed by atoms with van der Waals surface area (Å²) >= 11 is 0. The molecule has 1 aromatic heterocycles. The highest BCUT2D eigenvalue weighted by Crippen LogP contribution is 2.29. The zero-order valence-corrected chi connectivity index (χ0v) is 15.4. The lowest BCUT2D eigenvalue weighted by molar-refractivity contribution is 0.244. The number of rotatable bonds is 4. The van der Waals surface area contributed by atoms with Crippen LogP contribution >= 0.6 is 0 Å². The Hall–Kier alpha value is -3.28. The fraction of sp³-hybridized carbons (Fsp3) is 0.238. The summed E-state index contributed by atoms with van der Waals surface area (Å²) in [7, 11) is 3.56. The highest BCUT2D eigenvalue weighted by molar-refractivity contribution is 5.94. The van der Waals surface area contributed by atoms with Crippen molar-refractivity contribution in [3.8, 4) is 5.75 Å². The first-order valence-corrected chi connectivity index (χ1v) is 8.94. The van der Waals surface area contributed by atoms with Crippen LogP contribution in [0.15, 0.2) is 60.9 Å². The van der Waals surface area contributed by atoms with E-state index >= 15 is 0 Å². The molecule has 138 valence electrons. The van der Waals surface area contributed by atoms with Crippen LogP contribution in [-0.2, 0) is 13.5 Å². The van der Waals surface area contributed by atoms with Gasteiger partial charge in [-0.05, 0) is 35.7 Å². The normalized spacial score (nSPS) is 13.9. The smallest absolute Gasteiger partial charge is 0.322 e. The largest absolute Gasteiger partial charge is 0.497 e. The number of urea groups is 1. The zero-order valence-electron chi connectivity index (χ0n) is 15.4. The lowest BCUT2D eigenvalue weighted by atomic mass is 10.1. The molecule has 3 aromatic rings. The Kier molecular flexibility index (Phi) is 4.54. The van der Waals surface area contributed by atoms with Gasteiger partial charge in [-0.1, -0.05) is 30.3 Å². The van der Waals surface area contributed by atoms with E-state index < -0.39 is 0 Å². The van der Waals surface area contributed by atoms with E-state index in [1.165, 1.54) is 5.56 Å². The van der Waals surface area contributed by atoms with Crippen molar-refractivity contribution in [2.75, 3.05) is 18.6 Å². The van der Waals surface area contributed by atoms with Crippen molar-refractivity contribution in [1.29, 1.82) is 0 Å². The SMILES string of the molecule is COc1cccc(C(NC(=O)N2CCc3ccccc32)c2nccn2C)c1. The van der Waals surface area contributed by atoms with E-state index in [4.69, 9.17) is 4.74 Å². The van der Waals surface area contributed by atoms with E-state index in [1.54, 1.807) is 18.2 Å². The Morgan fingerprint density at radius 1 is 1.22 bits per heavy atom. The van der Waals surface area contributed by atoms with Crippen molar-refractivity contribution in [3.63, 3.8) is 0 Å². The fourth-order valence-corrected chi connectivity index (χ4v) is 3.52. The summed E-state index contributed by atoms with van der Waals surface area (Å²) in [5, 5.41) is 3.16. The quantitative estimate of drug-likeness (QED) is 0.775. The van der Waals surface area contributed by atoms with Crippen LogP contribution in [0.3, 0.4) is 0 Å². The average molecular weight is 362 g/mol. The van der Waals surface area contributed by atoms with Crippen molar-refractivity contribution < 1.29 is 9.53 Å². The van der Waals surface area contributed by atoms with Gasteiger partial charge in [-0.3, -0.25) is 4.90 Å². The maximum absolute atomic E-state index is 13.1. The molecule has 27 heavy (non-hydrogen) atoms. The average Bonchev–Trinajstić information content (AvgIpc) is 3.32. The molecule has 2 aromatic carbocycles. The number of fused-ring (bicyclic) bond motifs is 1. The lowest BCUT2D eigenvalue weighted by Gasteiger charge is -2.24. The number of hydrogen-bond donors (Lipinski definition) is 1. The predicted molar refractivity (Wildman–Crippen MR) is 104 cm³/mol. The van der Waals surface area contributed by atoms with Crippen LogP contribution in [0.25, 0.3) is 0 Å². The maximum Gasteiger partial charge on any atom is 0.322 e. The van der Waals surface area contributed by atoms with Crippen LogP contribution in [0.4, 0.5) is 10.5 Å². The number of carbonyl (C=O) groups excluding carboxylic acids is 1. The van der Waals surface area contributed by atoms with E-state index in [0.29, 0.717) is 6.54 Å². The fourth-order valence-electron chi connectivity index (χ4n) is 3.52. The second-order valence-corrected chi connectivity index (χ2v) is 6.59. The standard InChI is InChI=1S/C21H22N4O2/c1-24-13-11-22-20(24)19(16-7-5-8-17(14-16)27-2)23-21(26)25-12-10-15-6-3-4-9-18(15)25/h3-9,11,13-14,19H,10,12H2,1-2H3,(H,23,26). The third kappa shape index (κ3) is 3.26. The van der Waals surface area contributed by atoms with Crippen molar-refractivity contribution in [2.45, 2.75) is 12.5 Å². The van der Waals surface area contributed by atoms with E-state index in [9.17, 15) is 4.79 Å². The van der Waals surface area contributed by atoms with Gasteiger partial charge in [-0.25, -0.2) is 9.78 Å². The van der Waals surface area contributed by atoms with Gasteiger partial charge in [-0.15, -0.1) is 0 Å². The Morgan fingerprint density at radius 2 is 2.07 bits per heavy atom. The summed E-state index contributed by atoms with van der Waals surface area (Å²) in [6, 6.07) is 15.2. The number of nitrogens with zero attached hydrogens (tertiary/aromatic N) is 3. The molecule has 0 spiro atoms. The molecule has 6 heteroatoms. The minimum absolute atomic E-state index is 0.129. The van der Waals surface area contributed by atoms with Crippen LogP contribution in [0.1, 0.15) is 23.0 Å². The number of amides is 2. The lowest BCUT2D eigenvalue weighted by Crippen LogP contribution is -2.41. The van der Waals surface area contributed by atoms with Crippen molar-refractivity contribution in [1.82, 2.24) is 14.9 Å². The number of nitrogens with one attached hydrogen (secondary N) is 1. The number of carbonyl (C=O) groups is 1. The van der Waals surface area contributed by atoms with Crippen molar-refractivity contribution in [3.05, 3.63) is 77.9 Å². The molecular formula is C21H22N4O2. The minimum atomic E-state index is -0.375. The predicted octanol–water partition coefficient (Wildman–Crippen LogP) is 3.29. The second-order valence-electron chi connectivity index (χ2n) is 6.59. The van der Waals surface area contributed by atoms with Gasteiger partial charge in [0.25, 0.3) is 0 Å². The Bertz CT molecular complexity index is 966. The summed E-state index contributed by atoms with van der Waals surface area (Å²) in [6.07, 6.45) is 4.48. The first-order chi connectivity index (χ1) is 13.2. The molecule has 1 aliphatic heterocycles. The third-order valence-corrected chi connectivity index (χ3v) is 4.94. The van der Waals surface area contributed by atoms with Crippen LogP contribution in [0.2, 0.25) is 0 Å². The van der Waals surface area contributed by atoms with Gasteiger partial charge in [-0.2, -0.15) is 0 Å². The highest BCUT2D eigenvalue weighted by Gasteiger charge is 2.28. The number of imidazole rings is 1. The van der Waals surface area contributed by atoms with Crippen molar-refractivity contribution >= 4 is 11.7 Å². The molecule has 2 amide bonds. The molecule has 0 bridgehead atoms. The molecular weight excluding hydrogens is 340 g/mol. The third-order valence-electron chi connectivity index (χ3n) is 4.94. The van der Waals surface area contributed by atoms with Crippen LogP contribution < -0.4 is 15.0 Å². The van der Waals surface area contributed by atoms with Crippen LogP contribution in [0, 0.1) is 0 Å². The summed E-state index contributed by atoms with van der Waals surface area (Å²) in [5.74, 6) is 1.51. The van der Waals surface area contributed by atoms with Crippen molar-refractivity contribution in [2.24, 2.45) is 7.05 Å². The Morgan fingerprint density at radius 3 is 2.85 bits per heavy atom. The Labute approximate surface area is 158 Å². The summed E-state index contributed by atoms with van der Waals surface area (Å²) < 4.78 is 7.27. The number of aryl methyl sites for hydroxylation is 1. The zero-order chi connectivity index (χ0) is 18.8. The van der Waals surface area contributed by atoms with Crippen LogP contribution in [0.5, 0.6) is 5.75 Å². The first kappa shape index (κ1) is 17.1. The second kappa shape index (κ2) is 7.15. The minimum Gasteiger partial charge on any atom is -0.497 e. The van der Waals surface area contributed by atoms with Gasteiger partial charge in [0.15, 0.2) is 0 Å². The number of ether oxygens (including phenoxy) is 1. The van der Waals surface area contributed by atoms with Gasteiger partial charge in [0.2, 0.25) is 0 Å². The molecule has 1 unspecified atom stereocenters. The van der Waals surface area contributed by atoms with E-state index in [0.717, 1.165) is 29.2 Å². The van der Waals surface area contributed by atoms with Gasteiger partial charge in [0, 0.05) is 31.7 Å². The molecule has 4 rings (SSSR count). The summed E-state index contributed by atoms with van der Waals surface area (Å²) in [4.78, 5) is 19.4. The molecule has 2 heterocycles. The molecule has 0 saturated heterocycles. The molecule has 0 saturated carbocycles. The van der Waals surface area contributed by atoms with E-state index in [2.05, 4.69) is 16.4 Å². The molecule has 1 N–H and O–H groups in total. The molecule has 6 nitrogen and oxygen atoms in total. The van der Waals surface area contributed by atoms with Gasteiger partial charge >= 0.3 is 6.03 Å². The molecule has 0 radical (unpaired) electrons. The molecule has 1 atom stereocenters. The molecule has 0 aliphatic carbocycles. The van der Waals surface area contributed by atoms with Gasteiger partial charge in [0.1, 0.15) is 17.6 Å². The Balaban J connectivity index is 1.66. The topological polar surface area (TPSA) is 59.4 Å². The number of hydrogen-bond acceptors (Lipinski definition) is 3. The number of para-hydroxylation sites is 1. The number of methoxy groups -OCH3 is 1.